The van der Waals surface area contributed by atoms with Gasteiger partial charge in [0, 0.05) is 25.8 Å². The second-order valence-corrected chi connectivity index (χ2v) is 6.97. The van der Waals surface area contributed by atoms with Crippen LogP contribution in [0, 0.1) is 5.92 Å². The maximum Gasteiger partial charge on any atom is 0.274 e. The molecule has 0 saturated carbocycles. The van der Waals surface area contributed by atoms with Crippen molar-refractivity contribution in [3.63, 3.8) is 0 Å². The maximum atomic E-state index is 12.9. The van der Waals surface area contributed by atoms with Crippen LogP contribution in [0.3, 0.4) is 0 Å². The number of ether oxygens (including phenoxy) is 1. The summed E-state index contributed by atoms with van der Waals surface area (Å²) in [6.45, 7) is 3.34. The molecular formula is C19H24N4O2. The van der Waals surface area contributed by atoms with Crippen LogP contribution in [0.5, 0.6) is 5.75 Å². The highest BCUT2D eigenvalue weighted by Gasteiger charge is 2.38. The zero-order valence-electron chi connectivity index (χ0n) is 14.8. The Morgan fingerprint density at radius 3 is 2.52 bits per heavy atom. The van der Waals surface area contributed by atoms with Gasteiger partial charge in [0.15, 0.2) is 5.69 Å². The summed E-state index contributed by atoms with van der Waals surface area (Å²) in [5.74, 6) is 1.43. The summed E-state index contributed by atoms with van der Waals surface area (Å²) in [7, 11) is 3.56. The Kier molecular flexibility index (Phi) is 4.21. The van der Waals surface area contributed by atoms with Crippen LogP contribution in [-0.4, -0.2) is 65.3 Å². The van der Waals surface area contributed by atoms with E-state index in [4.69, 9.17) is 4.74 Å². The summed E-state index contributed by atoms with van der Waals surface area (Å²) in [5, 5.41) is 4.48. The standard InChI is InChI=1S/C19H24N4O2/c1-21(18-13-22-10-7-14(18)8-11-22)19(24)17-9-12-23(20-17)15-3-5-16(25-2)6-4-15/h3-6,9,12,14,18H,7-8,10-11,13H2,1-2H3. The number of likely N-dealkylation sites (N-methyl/N-ethyl adjacent to an activating group) is 1. The molecule has 0 aliphatic carbocycles. The number of methoxy groups -OCH3 is 1. The molecular weight excluding hydrogens is 316 g/mol. The average Bonchev–Trinajstić information content (AvgIpc) is 3.18. The molecule has 3 aliphatic rings. The largest absolute Gasteiger partial charge is 0.497 e. The first kappa shape index (κ1) is 16.1. The highest BCUT2D eigenvalue weighted by atomic mass is 16.5. The number of hydrogen-bond donors (Lipinski definition) is 0. The second-order valence-electron chi connectivity index (χ2n) is 6.97. The molecule has 0 radical (unpaired) electrons. The van der Waals surface area contributed by atoms with Gasteiger partial charge in [-0.2, -0.15) is 5.10 Å². The van der Waals surface area contributed by atoms with Crippen molar-refractivity contribution in [3.05, 3.63) is 42.2 Å². The van der Waals surface area contributed by atoms with Crippen molar-refractivity contribution < 1.29 is 9.53 Å². The number of fused-ring (bicyclic) bond motifs is 3. The molecule has 4 heterocycles. The fourth-order valence-electron chi connectivity index (χ4n) is 4.02. The topological polar surface area (TPSA) is 50.6 Å². The molecule has 3 fully saturated rings. The van der Waals surface area contributed by atoms with Gasteiger partial charge in [-0.25, -0.2) is 4.68 Å². The minimum atomic E-state index is 0.00557. The van der Waals surface area contributed by atoms with E-state index in [1.54, 1.807) is 17.9 Å². The van der Waals surface area contributed by atoms with Crippen molar-refractivity contribution in [2.45, 2.75) is 18.9 Å². The molecule has 1 aromatic carbocycles. The Bertz CT molecular complexity index is 747. The van der Waals surface area contributed by atoms with Gasteiger partial charge in [-0.3, -0.25) is 4.79 Å². The van der Waals surface area contributed by atoms with Crippen LogP contribution in [-0.2, 0) is 0 Å². The number of amides is 1. The lowest BCUT2D eigenvalue weighted by atomic mass is 9.83. The van der Waals surface area contributed by atoms with E-state index in [9.17, 15) is 4.79 Å². The fraction of sp³-hybridized carbons (Fsp3) is 0.474. The number of nitrogens with zero attached hydrogens (tertiary/aromatic N) is 4. The van der Waals surface area contributed by atoms with Gasteiger partial charge in [-0.1, -0.05) is 0 Å². The first-order valence-corrected chi connectivity index (χ1v) is 8.85. The highest BCUT2D eigenvalue weighted by molar-refractivity contribution is 5.92. The van der Waals surface area contributed by atoms with Crippen molar-refractivity contribution in [2.75, 3.05) is 33.8 Å². The number of hydrogen-bond acceptors (Lipinski definition) is 4. The Labute approximate surface area is 148 Å². The predicted octanol–water partition coefficient (Wildman–Crippen LogP) is 2.05. The van der Waals surface area contributed by atoms with E-state index in [0.29, 0.717) is 17.7 Å². The summed E-state index contributed by atoms with van der Waals surface area (Å²) in [4.78, 5) is 17.2. The van der Waals surface area contributed by atoms with E-state index in [1.807, 2.05) is 42.4 Å². The zero-order valence-corrected chi connectivity index (χ0v) is 14.8. The number of rotatable bonds is 4. The summed E-state index contributed by atoms with van der Waals surface area (Å²) in [6.07, 6.45) is 4.23. The van der Waals surface area contributed by atoms with Gasteiger partial charge < -0.3 is 14.5 Å². The van der Waals surface area contributed by atoms with Crippen LogP contribution in [0.1, 0.15) is 23.3 Å². The van der Waals surface area contributed by atoms with Crippen molar-refractivity contribution in [2.24, 2.45) is 5.92 Å². The van der Waals surface area contributed by atoms with Gasteiger partial charge in [0.2, 0.25) is 0 Å². The Balaban J connectivity index is 1.50. The molecule has 25 heavy (non-hydrogen) atoms. The monoisotopic (exact) mass is 340 g/mol. The lowest BCUT2D eigenvalue weighted by Crippen LogP contribution is -2.57. The average molecular weight is 340 g/mol. The molecule has 1 aromatic heterocycles. The third-order valence-corrected chi connectivity index (χ3v) is 5.58. The minimum absolute atomic E-state index is 0.00557. The molecule has 1 atom stereocenters. The van der Waals surface area contributed by atoms with E-state index in [-0.39, 0.29) is 5.91 Å². The van der Waals surface area contributed by atoms with Gasteiger partial charge in [-0.15, -0.1) is 0 Å². The maximum absolute atomic E-state index is 12.9. The minimum Gasteiger partial charge on any atom is -0.497 e. The van der Waals surface area contributed by atoms with Crippen LogP contribution in [0.4, 0.5) is 0 Å². The van der Waals surface area contributed by atoms with Crippen LogP contribution in [0.2, 0.25) is 0 Å². The Morgan fingerprint density at radius 2 is 1.92 bits per heavy atom. The van der Waals surface area contributed by atoms with Gasteiger partial charge in [-0.05, 0) is 62.2 Å². The molecule has 0 N–H and O–H groups in total. The number of piperidine rings is 3. The molecule has 6 heteroatoms. The molecule has 0 spiro atoms. The van der Waals surface area contributed by atoms with E-state index >= 15 is 0 Å². The van der Waals surface area contributed by atoms with Crippen LogP contribution < -0.4 is 4.74 Å². The van der Waals surface area contributed by atoms with Gasteiger partial charge in [0.25, 0.3) is 5.91 Å². The number of carbonyl (C=O) groups excluding carboxylic acids is 1. The van der Waals surface area contributed by atoms with Crippen LogP contribution in [0.25, 0.3) is 5.69 Å². The summed E-state index contributed by atoms with van der Waals surface area (Å²) < 4.78 is 6.91. The van der Waals surface area contributed by atoms with E-state index in [2.05, 4.69) is 10.00 Å². The van der Waals surface area contributed by atoms with Crippen LogP contribution in [0.15, 0.2) is 36.5 Å². The van der Waals surface area contributed by atoms with Crippen molar-refractivity contribution in [3.8, 4) is 11.4 Å². The van der Waals surface area contributed by atoms with Gasteiger partial charge in [0.05, 0.1) is 12.8 Å². The van der Waals surface area contributed by atoms with E-state index < -0.39 is 0 Å². The SMILES string of the molecule is COc1ccc(-n2ccc(C(=O)N(C)C3CN4CCC3CC4)n2)cc1. The van der Waals surface area contributed by atoms with Crippen molar-refractivity contribution in [1.29, 1.82) is 0 Å². The summed E-state index contributed by atoms with van der Waals surface area (Å²) in [5.41, 5.74) is 1.40. The molecule has 6 nitrogen and oxygen atoms in total. The Hall–Kier alpha value is -2.34. The lowest BCUT2D eigenvalue weighted by Gasteiger charge is -2.47. The lowest BCUT2D eigenvalue weighted by molar-refractivity contribution is 0.0159. The number of aromatic nitrogens is 2. The quantitative estimate of drug-likeness (QED) is 0.855. The molecule has 5 rings (SSSR count). The Morgan fingerprint density at radius 1 is 1.20 bits per heavy atom. The molecule has 1 unspecified atom stereocenters. The van der Waals surface area contributed by atoms with Gasteiger partial charge in [0.1, 0.15) is 5.75 Å². The smallest absolute Gasteiger partial charge is 0.274 e. The third kappa shape index (κ3) is 3.02. The predicted molar refractivity (Wildman–Crippen MR) is 95.2 cm³/mol. The second kappa shape index (κ2) is 6.52. The van der Waals surface area contributed by atoms with Crippen LogP contribution >= 0.6 is 0 Å². The van der Waals surface area contributed by atoms with Gasteiger partial charge >= 0.3 is 0 Å². The third-order valence-electron chi connectivity index (χ3n) is 5.58. The molecule has 132 valence electrons. The molecule has 1 amide bonds. The summed E-state index contributed by atoms with van der Waals surface area (Å²) in [6, 6.07) is 9.73. The summed E-state index contributed by atoms with van der Waals surface area (Å²) >= 11 is 0. The fourth-order valence-corrected chi connectivity index (χ4v) is 4.02. The normalized spacial score (nSPS) is 25.0. The first-order chi connectivity index (χ1) is 12.2. The van der Waals surface area contributed by atoms with E-state index in [1.165, 1.54) is 25.9 Å². The molecule has 3 saturated heterocycles. The first-order valence-electron chi connectivity index (χ1n) is 8.85. The van der Waals surface area contributed by atoms with Crippen molar-refractivity contribution in [1.82, 2.24) is 19.6 Å². The molecule has 3 aliphatic heterocycles. The van der Waals surface area contributed by atoms with E-state index in [0.717, 1.165) is 18.0 Å². The number of carbonyl (C=O) groups is 1. The van der Waals surface area contributed by atoms with Crippen molar-refractivity contribution >= 4 is 5.91 Å². The zero-order chi connectivity index (χ0) is 17.4. The molecule has 2 bridgehead atoms. The molecule has 2 aromatic rings. The highest BCUT2D eigenvalue weighted by Crippen LogP contribution is 2.30. The number of benzene rings is 1.